The normalized spacial score (nSPS) is 12.6. The Bertz CT molecular complexity index is 3810. The van der Waals surface area contributed by atoms with Crippen LogP contribution in [0.4, 0.5) is 68.2 Å². The topological polar surface area (TPSA) is 33.2 Å². The second kappa shape index (κ2) is 18.2. The van der Waals surface area contributed by atoms with Crippen molar-refractivity contribution in [1.82, 2.24) is 0 Å². The molecule has 0 aliphatic carbocycles. The minimum absolute atomic E-state index is 0.0995. The summed E-state index contributed by atoms with van der Waals surface area (Å²) in [6.45, 7) is -0.0995. The molecule has 1 radical (unpaired) electrons. The highest BCUT2D eigenvalue weighted by atomic mass is 32.2. The van der Waals surface area contributed by atoms with Crippen molar-refractivity contribution in [3.63, 3.8) is 0 Å². The van der Waals surface area contributed by atoms with E-state index in [1.807, 2.05) is 18.2 Å². The zero-order valence-electron chi connectivity index (χ0n) is 40.2. The SMILES string of the molecule is Oc1ccccc1-c1cc(N(c2ccccc2)c2ccccc2)cc2c1[B]c1cc3c(cc1S2)N(c1ccccc1)c1cc(N(c2ccccc2)c2ccccc2)cc2c1B3c1ccccc1N2c1ccccc1. The first-order valence-corrected chi connectivity index (χ1v) is 25.9. The summed E-state index contributed by atoms with van der Waals surface area (Å²) in [4.78, 5) is 11.9. The number of fused-ring (bicyclic) bond motifs is 6. The largest absolute Gasteiger partial charge is 0.507 e. The molecule has 0 amide bonds. The molecule has 14 rings (SSSR count). The maximum atomic E-state index is 11.6. The van der Waals surface area contributed by atoms with Crippen LogP contribution in [-0.4, -0.2) is 19.1 Å². The van der Waals surface area contributed by atoms with Crippen molar-refractivity contribution >= 4 is 121 Å². The summed E-state index contributed by atoms with van der Waals surface area (Å²) in [5.41, 5.74) is 20.8. The molecule has 0 unspecified atom stereocenters. The monoisotopic (exact) mass is 963 g/mol. The molecule has 3 aliphatic heterocycles. The van der Waals surface area contributed by atoms with Gasteiger partial charge in [-0.1, -0.05) is 174 Å². The van der Waals surface area contributed by atoms with Crippen LogP contribution >= 0.6 is 11.8 Å². The standard InChI is InChI=1S/C66H45B2N4OS/c73-62-38-22-19-35-53(62)54-39-51(69(45-23-7-1-8-24-45)46-25-9-2-10-26-46)42-64-65(54)67-55-43-57-59(44-63(55)74-64)72(50-33-17-6-18-34-50)61-41-52(70(47-27-11-3-12-28-47)48-29-13-4-14-30-48)40-60-66(61)68(57)56-36-20-21-37-58(56)71(60)49-31-15-5-16-32-49/h1-44,73H. The lowest BCUT2D eigenvalue weighted by Crippen LogP contribution is -2.62. The van der Waals surface area contributed by atoms with Gasteiger partial charge in [-0.3, -0.25) is 0 Å². The quantitative estimate of drug-likeness (QED) is 0.145. The van der Waals surface area contributed by atoms with E-state index >= 15 is 0 Å². The van der Waals surface area contributed by atoms with Gasteiger partial charge in [0.15, 0.2) is 7.28 Å². The van der Waals surface area contributed by atoms with E-state index in [1.54, 1.807) is 17.8 Å². The Kier molecular flexibility index (Phi) is 10.7. The Morgan fingerprint density at radius 3 is 1.36 bits per heavy atom. The number of hydrogen-bond acceptors (Lipinski definition) is 6. The molecule has 3 heterocycles. The third-order valence-corrected chi connectivity index (χ3v) is 15.7. The van der Waals surface area contributed by atoms with E-state index in [0.29, 0.717) is 0 Å². The molecule has 3 aliphatic rings. The number of hydrogen-bond donors (Lipinski definition) is 1. The molecule has 0 saturated carbocycles. The summed E-state index contributed by atoms with van der Waals surface area (Å²) in [5.74, 6) is 0.245. The summed E-state index contributed by atoms with van der Waals surface area (Å²) < 4.78 is 0. The first-order chi connectivity index (χ1) is 36.6. The predicted octanol–water partition coefficient (Wildman–Crippen LogP) is 14.2. The molecule has 0 saturated heterocycles. The van der Waals surface area contributed by atoms with Crippen LogP contribution in [0.3, 0.4) is 0 Å². The lowest BCUT2D eigenvalue weighted by Gasteiger charge is -2.45. The molecule has 0 fully saturated rings. The fourth-order valence-corrected chi connectivity index (χ4v) is 12.5. The van der Waals surface area contributed by atoms with Gasteiger partial charge in [0.25, 0.3) is 6.71 Å². The number of aromatic hydroxyl groups is 1. The first kappa shape index (κ1) is 43.7. The van der Waals surface area contributed by atoms with E-state index in [9.17, 15) is 5.11 Å². The molecule has 0 atom stereocenters. The van der Waals surface area contributed by atoms with Crippen LogP contribution in [-0.2, 0) is 0 Å². The van der Waals surface area contributed by atoms with Crippen molar-refractivity contribution in [2.45, 2.75) is 9.79 Å². The number of nitrogens with zero attached hydrogens (tertiary/aromatic N) is 4. The van der Waals surface area contributed by atoms with E-state index < -0.39 is 0 Å². The van der Waals surface area contributed by atoms with Gasteiger partial charge in [-0.15, -0.1) is 0 Å². The Balaban J connectivity index is 1.02. The van der Waals surface area contributed by atoms with Crippen LogP contribution in [0, 0.1) is 0 Å². The number of rotatable bonds is 9. The molecule has 347 valence electrons. The van der Waals surface area contributed by atoms with Crippen LogP contribution in [0.1, 0.15) is 0 Å². The number of para-hydroxylation sites is 8. The number of phenols is 1. The second-order valence-corrected chi connectivity index (χ2v) is 19.9. The summed E-state index contributed by atoms with van der Waals surface area (Å²) >= 11 is 1.80. The minimum Gasteiger partial charge on any atom is -0.507 e. The summed E-state index contributed by atoms with van der Waals surface area (Å²) in [6.07, 6.45) is 0. The molecule has 0 bridgehead atoms. The van der Waals surface area contributed by atoms with Gasteiger partial charge in [0.1, 0.15) is 5.75 Å². The Morgan fingerprint density at radius 1 is 0.365 bits per heavy atom. The van der Waals surface area contributed by atoms with Gasteiger partial charge in [-0.05, 0) is 137 Å². The lowest BCUT2D eigenvalue weighted by atomic mass is 9.33. The Labute approximate surface area is 437 Å². The van der Waals surface area contributed by atoms with E-state index in [-0.39, 0.29) is 12.5 Å². The molecular weight excluding hydrogens is 918 g/mol. The van der Waals surface area contributed by atoms with E-state index in [0.717, 1.165) is 100 Å². The van der Waals surface area contributed by atoms with Gasteiger partial charge >= 0.3 is 0 Å². The van der Waals surface area contributed by atoms with Gasteiger partial charge in [0.2, 0.25) is 0 Å². The van der Waals surface area contributed by atoms with Crippen LogP contribution < -0.4 is 46.9 Å². The maximum absolute atomic E-state index is 11.6. The molecule has 8 heteroatoms. The lowest BCUT2D eigenvalue weighted by molar-refractivity contribution is 0.477. The molecule has 5 nitrogen and oxygen atoms in total. The van der Waals surface area contributed by atoms with Crippen molar-refractivity contribution in [1.29, 1.82) is 0 Å². The molecule has 11 aromatic carbocycles. The molecule has 11 aromatic rings. The van der Waals surface area contributed by atoms with Crippen LogP contribution in [0.5, 0.6) is 5.75 Å². The smallest absolute Gasteiger partial charge is 0.252 e. The van der Waals surface area contributed by atoms with E-state index in [2.05, 4.69) is 270 Å². The first-order valence-electron chi connectivity index (χ1n) is 25.1. The summed E-state index contributed by atoms with van der Waals surface area (Å²) in [6, 6.07) is 95.2. The van der Waals surface area contributed by atoms with Gasteiger partial charge in [-0.25, -0.2) is 0 Å². The zero-order valence-corrected chi connectivity index (χ0v) is 41.0. The molecular formula is C66H45B2N4OS. The average Bonchev–Trinajstić information content (AvgIpc) is 3.54. The Hall–Kier alpha value is -9.10. The summed E-state index contributed by atoms with van der Waals surface area (Å²) in [5, 5.41) is 11.6. The van der Waals surface area contributed by atoms with E-state index in [1.165, 1.54) is 16.4 Å². The fourth-order valence-electron chi connectivity index (χ4n) is 11.4. The highest BCUT2D eigenvalue weighted by Gasteiger charge is 2.45. The van der Waals surface area contributed by atoms with Crippen molar-refractivity contribution in [3.8, 4) is 16.9 Å². The van der Waals surface area contributed by atoms with Gasteiger partial charge in [-0.2, -0.15) is 0 Å². The van der Waals surface area contributed by atoms with Crippen LogP contribution in [0.15, 0.2) is 277 Å². The number of benzene rings is 11. The summed E-state index contributed by atoms with van der Waals surface area (Å²) in [7, 11) is 2.36. The predicted molar refractivity (Wildman–Crippen MR) is 313 cm³/mol. The van der Waals surface area contributed by atoms with Crippen LogP contribution in [0.2, 0.25) is 0 Å². The second-order valence-electron chi connectivity index (χ2n) is 18.9. The third-order valence-electron chi connectivity index (χ3n) is 14.5. The van der Waals surface area contributed by atoms with Gasteiger partial charge in [0.05, 0.1) is 5.69 Å². The Morgan fingerprint density at radius 2 is 0.824 bits per heavy atom. The highest BCUT2D eigenvalue weighted by molar-refractivity contribution is 8.00. The fraction of sp³-hybridized carbons (Fsp3) is 0. The van der Waals surface area contributed by atoms with Gasteiger partial charge in [0, 0.05) is 77.9 Å². The van der Waals surface area contributed by atoms with Crippen LogP contribution in [0.25, 0.3) is 11.1 Å². The van der Waals surface area contributed by atoms with Crippen molar-refractivity contribution < 1.29 is 5.11 Å². The molecule has 74 heavy (non-hydrogen) atoms. The highest BCUT2D eigenvalue weighted by Crippen LogP contribution is 2.49. The number of phenolic OH excluding ortho intramolecular Hbond substituents is 1. The molecule has 0 aromatic heterocycles. The van der Waals surface area contributed by atoms with Crippen molar-refractivity contribution in [2.24, 2.45) is 0 Å². The average molecular weight is 964 g/mol. The minimum atomic E-state index is -0.0995. The van der Waals surface area contributed by atoms with Gasteiger partial charge < -0.3 is 24.7 Å². The van der Waals surface area contributed by atoms with Crippen molar-refractivity contribution in [3.05, 3.63) is 267 Å². The third kappa shape index (κ3) is 7.36. The molecule has 0 spiro atoms. The number of anilines is 12. The van der Waals surface area contributed by atoms with Crippen molar-refractivity contribution in [2.75, 3.05) is 19.6 Å². The molecule has 1 N–H and O–H groups in total. The van der Waals surface area contributed by atoms with E-state index in [4.69, 9.17) is 0 Å². The maximum Gasteiger partial charge on any atom is 0.252 e. The zero-order chi connectivity index (χ0) is 49.1.